The third-order valence-electron chi connectivity index (χ3n) is 6.87. The standard InChI is InChI=1S/C28H25F3N6O4/c1-17(14-32)25(38)37-11-9-27(10-12-37,26(39)40)15-34-24-22(23(33)35-16-36-24)18-5-7-20(8-6-18)41-21-4-2-3-19(13-21)28(29,30)31/h2-8,13,16H,1,9-12,15H2,(H,39,40)(H3,33,34,35,36). The van der Waals surface area contributed by atoms with E-state index in [0.29, 0.717) is 11.1 Å². The lowest BCUT2D eigenvalue weighted by Crippen LogP contribution is -2.49. The van der Waals surface area contributed by atoms with Crippen molar-refractivity contribution in [3.05, 3.63) is 72.6 Å². The van der Waals surface area contributed by atoms with E-state index >= 15 is 0 Å². The number of hydrogen-bond donors (Lipinski definition) is 3. The molecule has 2 heterocycles. The van der Waals surface area contributed by atoms with Crippen molar-refractivity contribution in [2.45, 2.75) is 19.0 Å². The van der Waals surface area contributed by atoms with Crippen LogP contribution in [-0.4, -0.2) is 51.5 Å². The molecular weight excluding hydrogens is 541 g/mol. The molecule has 3 aromatic rings. The van der Waals surface area contributed by atoms with Crippen LogP contribution >= 0.6 is 0 Å². The summed E-state index contributed by atoms with van der Waals surface area (Å²) in [4.78, 5) is 34.3. The Balaban J connectivity index is 1.50. The molecule has 0 bridgehead atoms. The van der Waals surface area contributed by atoms with E-state index in [-0.39, 0.29) is 61.2 Å². The number of carboxylic acids is 1. The third-order valence-corrected chi connectivity index (χ3v) is 6.87. The van der Waals surface area contributed by atoms with Crippen molar-refractivity contribution in [1.82, 2.24) is 14.9 Å². The average molecular weight is 567 g/mol. The molecule has 0 atom stereocenters. The summed E-state index contributed by atoms with van der Waals surface area (Å²) < 4.78 is 44.6. The summed E-state index contributed by atoms with van der Waals surface area (Å²) in [6.45, 7) is 3.68. The van der Waals surface area contributed by atoms with Gasteiger partial charge in [0.2, 0.25) is 0 Å². The zero-order chi connectivity index (χ0) is 29.8. The fourth-order valence-electron chi connectivity index (χ4n) is 4.48. The van der Waals surface area contributed by atoms with E-state index in [4.69, 9.17) is 15.7 Å². The number of rotatable bonds is 8. The molecule has 0 spiro atoms. The lowest BCUT2D eigenvalue weighted by atomic mass is 9.78. The number of nitrogens with two attached hydrogens (primary N) is 1. The second-order valence-electron chi connectivity index (χ2n) is 9.46. The molecule has 0 unspecified atom stereocenters. The highest BCUT2D eigenvalue weighted by atomic mass is 19.4. The molecule has 4 N–H and O–H groups in total. The van der Waals surface area contributed by atoms with Crippen LogP contribution in [0.3, 0.4) is 0 Å². The second-order valence-corrected chi connectivity index (χ2v) is 9.46. The Labute approximate surface area is 232 Å². The van der Waals surface area contributed by atoms with Crippen molar-refractivity contribution >= 4 is 23.5 Å². The molecule has 10 nitrogen and oxygen atoms in total. The smallest absolute Gasteiger partial charge is 0.416 e. The van der Waals surface area contributed by atoms with Crippen molar-refractivity contribution < 1.29 is 32.6 Å². The number of carboxylic acid groups (broad SMARTS) is 1. The molecule has 0 aliphatic carbocycles. The predicted octanol–water partition coefficient (Wildman–Crippen LogP) is 4.72. The van der Waals surface area contributed by atoms with Crippen LogP contribution in [0.5, 0.6) is 11.5 Å². The number of aromatic nitrogens is 2. The lowest BCUT2D eigenvalue weighted by molar-refractivity contribution is -0.152. The van der Waals surface area contributed by atoms with Gasteiger partial charge in [0.25, 0.3) is 5.91 Å². The van der Waals surface area contributed by atoms with E-state index < -0.39 is 29.0 Å². The predicted molar refractivity (Wildman–Crippen MR) is 143 cm³/mol. The minimum atomic E-state index is -4.50. The number of nitrogens with zero attached hydrogens (tertiary/aromatic N) is 4. The molecular formula is C28H25F3N6O4. The summed E-state index contributed by atoms with van der Waals surface area (Å²) in [5.74, 6) is -0.874. The number of alkyl halides is 3. The fourth-order valence-corrected chi connectivity index (χ4v) is 4.48. The van der Waals surface area contributed by atoms with Gasteiger partial charge in [0.05, 0.1) is 16.5 Å². The molecule has 1 aliphatic heterocycles. The third kappa shape index (κ3) is 6.38. The second kappa shape index (κ2) is 11.5. The van der Waals surface area contributed by atoms with Crippen LogP contribution in [0.15, 0.2) is 67.0 Å². The molecule has 2 aromatic carbocycles. The van der Waals surface area contributed by atoms with Crippen LogP contribution in [0.2, 0.25) is 0 Å². The van der Waals surface area contributed by atoms with Gasteiger partial charge in [-0.05, 0) is 48.7 Å². The number of anilines is 2. The molecule has 41 heavy (non-hydrogen) atoms. The van der Waals surface area contributed by atoms with Gasteiger partial charge in [-0.2, -0.15) is 18.4 Å². The largest absolute Gasteiger partial charge is 0.481 e. The van der Waals surface area contributed by atoms with E-state index in [9.17, 15) is 27.9 Å². The Morgan fingerprint density at radius 2 is 1.83 bits per heavy atom. The van der Waals surface area contributed by atoms with Gasteiger partial charge in [-0.25, -0.2) is 9.97 Å². The Morgan fingerprint density at radius 1 is 1.15 bits per heavy atom. The highest BCUT2D eigenvalue weighted by molar-refractivity contribution is 5.96. The van der Waals surface area contributed by atoms with Crippen molar-refractivity contribution in [2.75, 3.05) is 30.7 Å². The minimum Gasteiger partial charge on any atom is -0.481 e. The maximum Gasteiger partial charge on any atom is 0.416 e. The molecule has 1 amide bonds. The van der Waals surface area contributed by atoms with Gasteiger partial charge in [-0.15, -0.1) is 0 Å². The number of likely N-dealkylation sites (tertiary alicyclic amines) is 1. The van der Waals surface area contributed by atoms with Gasteiger partial charge in [-0.3, -0.25) is 9.59 Å². The molecule has 1 aliphatic rings. The molecule has 1 fully saturated rings. The Morgan fingerprint density at radius 3 is 2.44 bits per heavy atom. The van der Waals surface area contributed by atoms with Gasteiger partial charge in [0.1, 0.15) is 41.1 Å². The van der Waals surface area contributed by atoms with Crippen molar-refractivity contribution in [3.8, 4) is 28.7 Å². The lowest BCUT2D eigenvalue weighted by Gasteiger charge is -2.39. The number of carbonyl (C=O) groups is 2. The number of hydrogen-bond acceptors (Lipinski definition) is 8. The summed E-state index contributed by atoms with van der Waals surface area (Å²) >= 11 is 0. The van der Waals surface area contributed by atoms with Crippen LogP contribution in [0, 0.1) is 16.7 Å². The number of aliphatic carboxylic acids is 1. The Bertz CT molecular complexity index is 1510. The summed E-state index contributed by atoms with van der Waals surface area (Å²) in [6.07, 6.45) is -3.00. The number of ether oxygens (including phenoxy) is 1. The molecule has 0 saturated carbocycles. The summed E-state index contributed by atoms with van der Waals surface area (Å²) in [5, 5.41) is 22.1. The SMILES string of the molecule is C=C(C#N)C(=O)N1CCC(CNc2ncnc(N)c2-c2ccc(Oc3cccc(C(F)(F)F)c3)cc2)(C(=O)O)CC1. The number of nitrogens with one attached hydrogen (secondary N) is 1. The molecule has 1 saturated heterocycles. The van der Waals surface area contributed by atoms with Gasteiger partial charge in [0.15, 0.2) is 0 Å². The molecule has 0 radical (unpaired) electrons. The van der Waals surface area contributed by atoms with Gasteiger partial charge >= 0.3 is 12.1 Å². The maximum atomic E-state index is 13.0. The van der Waals surface area contributed by atoms with Gasteiger partial charge < -0.3 is 25.8 Å². The minimum absolute atomic E-state index is 0.0149. The van der Waals surface area contributed by atoms with Crippen LogP contribution in [0.1, 0.15) is 18.4 Å². The van der Waals surface area contributed by atoms with E-state index in [2.05, 4.69) is 21.9 Å². The summed E-state index contributed by atoms with van der Waals surface area (Å²) in [6, 6.07) is 12.6. The molecule has 212 valence electrons. The van der Waals surface area contributed by atoms with Crippen LogP contribution in [0.4, 0.5) is 24.8 Å². The zero-order valence-corrected chi connectivity index (χ0v) is 21.6. The first-order chi connectivity index (χ1) is 19.4. The molecule has 1 aromatic heterocycles. The number of nitriles is 1. The normalized spacial score (nSPS) is 14.5. The number of halogens is 3. The number of piperidine rings is 1. The van der Waals surface area contributed by atoms with Crippen LogP contribution in [-0.2, 0) is 15.8 Å². The first kappa shape index (κ1) is 28.9. The van der Waals surface area contributed by atoms with Crippen molar-refractivity contribution in [2.24, 2.45) is 5.41 Å². The number of benzene rings is 2. The average Bonchev–Trinajstić information content (AvgIpc) is 2.96. The van der Waals surface area contributed by atoms with Crippen molar-refractivity contribution in [1.29, 1.82) is 5.26 Å². The first-order valence-corrected chi connectivity index (χ1v) is 12.3. The molecule has 13 heteroatoms. The zero-order valence-electron chi connectivity index (χ0n) is 21.6. The Hall–Kier alpha value is -5.12. The topological polar surface area (TPSA) is 154 Å². The quantitative estimate of drug-likeness (QED) is 0.259. The molecule has 4 rings (SSSR count). The van der Waals surface area contributed by atoms with Crippen LogP contribution < -0.4 is 15.8 Å². The fraction of sp³-hybridized carbons (Fsp3) is 0.250. The highest BCUT2D eigenvalue weighted by Crippen LogP contribution is 2.37. The van der Waals surface area contributed by atoms with E-state index in [1.165, 1.54) is 23.4 Å². The maximum absolute atomic E-state index is 13.0. The summed E-state index contributed by atoms with van der Waals surface area (Å²) in [7, 11) is 0. The Kier molecular flexibility index (Phi) is 8.13. The van der Waals surface area contributed by atoms with Gasteiger partial charge in [0, 0.05) is 19.6 Å². The first-order valence-electron chi connectivity index (χ1n) is 12.3. The number of carbonyl (C=O) groups excluding carboxylic acids is 1. The summed E-state index contributed by atoms with van der Waals surface area (Å²) in [5.41, 5.74) is 4.84. The monoisotopic (exact) mass is 566 g/mol. The van der Waals surface area contributed by atoms with E-state index in [0.717, 1.165) is 12.1 Å². The highest BCUT2D eigenvalue weighted by Gasteiger charge is 2.43. The number of nitrogen functional groups attached to an aromatic ring is 1. The van der Waals surface area contributed by atoms with Crippen molar-refractivity contribution in [3.63, 3.8) is 0 Å². The van der Waals surface area contributed by atoms with Crippen LogP contribution in [0.25, 0.3) is 11.1 Å². The number of amides is 1. The van der Waals surface area contributed by atoms with E-state index in [1.54, 1.807) is 30.3 Å². The van der Waals surface area contributed by atoms with E-state index in [1.807, 2.05) is 0 Å². The van der Waals surface area contributed by atoms with Gasteiger partial charge in [-0.1, -0.05) is 24.8 Å².